The standard InChI is InChI=1S/C9H8ClNO2/c10-7-2-1-5-11-8(7)9(12)13-6-3-4-6/h1-2,5-6H,3-4H2. The van der Waals surface area contributed by atoms with Gasteiger partial charge in [0, 0.05) is 6.20 Å². The molecule has 0 atom stereocenters. The molecule has 1 fully saturated rings. The van der Waals surface area contributed by atoms with Crippen LogP contribution in [0.5, 0.6) is 0 Å². The van der Waals surface area contributed by atoms with Crippen molar-refractivity contribution in [3.63, 3.8) is 0 Å². The normalized spacial score (nSPS) is 15.5. The summed E-state index contributed by atoms with van der Waals surface area (Å²) >= 11 is 5.76. The lowest BCUT2D eigenvalue weighted by atomic mass is 10.3. The van der Waals surface area contributed by atoms with Crippen LogP contribution in [0.1, 0.15) is 23.3 Å². The Morgan fingerprint density at radius 2 is 2.38 bits per heavy atom. The lowest BCUT2D eigenvalue weighted by Crippen LogP contribution is -2.09. The molecule has 0 amide bonds. The van der Waals surface area contributed by atoms with Crippen molar-refractivity contribution in [1.29, 1.82) is 0 Å². The van der Waals surface area contributed by atoms with Gasteiger partial charge in [-0.1, -0.05) is 11.6 Å². The minimum Gasteiger partial charge on any atom is -0.458 e. The number of ether oxygens (including phenoxy) is 1. The van der Waals surface area contributed by atoms with Crippen LogP contribution in [0.2, 0.25) is 5.02 Å². The number of hydrogen-bond donors (Lipinski definition) is 0. The van der Waals surface area contributed by atoms with Crippen molar-refractivity contribution >= 4 is 17.6 Å². The predicted octanol–water partition coefficient (Wildman–Crippen LogP) is 2.05. The zero-order chi connectivity index (χ0) is 9.26. The summed E-state index contributed by atoms with van der Waals surface area (Å²) in [6.07, 6.45) is 3.52. The number of esters is 1. The SMILES string of the molecule is O=C(OC1CC1)c1ncccc1Cl. The molecule has 1 saturated carbocycles. The summed E-state index contributed by atoms with van der Waals surface area (Å²) in [6, 6.07) is 3.30. The van der Waals surface area contributed by atoms with Crippen molar-refractivity contribution in [3.8, 4) is 0 Å². The van der Waals surface area contributed by atoms with Crippen LogP contribution >= 0.6 is 11.6 Å². The first-order chi connectivity index (χ1) is 6.27. The molecule has 2 rings (SSSR count). The van der Waals surface area contributed by atoms with E-state index in [1.54, 1.807) is 12.1 Å². The minimum atomic E-state index is -0.423. The van der Waals surface area contributed by atoms with E-state index in [2.05, 4.69) is 4.98 Å². The van der Waals surface area contributed by atoms with E-state index in [9.17, 15) is 4.79 Å². The maximum absolute atomic E-state index is 11.3. The number of aromatic nitrogens is 1. The number of pyridine rings is 1. The topological polar surface area (TPSA) is 39.2 Å². The first-order valence-corrected chi connectivity index (χ1v) is 4.46. The molecule has 1 aromatic heterocycles. The van der Waals surface area contributed by atoms with Crippen molar-refractivity contribution in [3.05, 3.63) is 29.0 Å². The second kappa shape index (κ2) is 3.34. The van der Waals surface area contributed by atoms with Crippen LogP contribution in [-0.2, 0) is 4.74 Å². The summed E-state index contributed by atoms with van der Waals surface area (Å²) in [5, 5.41) is 0.341. The maximum atomic E-state index is 11.3. The molecule has 1 aliphatic carbocycles. The average molecular weight is 198 g/mol. The molecule has 1 heterocycles. The molecule has 0 aliphatic heterocycles. The molecule has 0 N–H and O–H groups in total. The van der Waals surface area contributed by atoms with Crippen LogP contribution in [-0.4, -0.2) is 17.1 Å². The number of rotatable bonds is 2. The van der Waals surface area contributed by atoms with Gasteiger partial charge in [0.1, 0.15) is 6.10 Å². The van der Waals surface area contributed by atoms with Crippen molar-refractivity contribution in [2.24, 2.45) is 0 Å². The van der Waals surface area contributed by atoms with E-state index in [-0.39, 0.29) is 11.8 Å². The van der Waals surface area contributed by atoms with Gasteiger partial charge in [-0.15, -0.1) is 0 Å². The van der Waals surface area contributed by atoms with Crippen molar-refractivity contribution in [1.82, 2.24) is 4.98 Å². The molecular weight excluding hydrogens is 190 g/mol. The van der Waals surface area contributed by atoms with E-state index >= 15 is 0 Å². The highest BCUT2D eigenvalue weighted by Crippen LogP contribution is 2.25. The van der Waals surface area contributed by atoms with Crippen LogP contribution in [0.3, 0.4) is 0 Å². The van der Waals surface area contributed by atoms with E-state index < -0.39 is 5.97 Å². The van der Waals surface area contributed by atoms with Gasteiger partial charge in [0.2, 0.25) is 0 Å². The van der Waals surface area contributed by atoms with Crippen LogP contribution in [0.4, 0.5) is 0 Å². The highest BCUT2D eigenvalue weighted by atomic mass is 35.5. The lowest BCUT2D eigenvalue weighted by Gasteiger charge is -2.02. The molecule has 0 bridgehead atoms. The number of carbonyl (C=O) groups excluding carboxylic acids is 1. The average Bonchev–Trinajstić information content (AvgIpc) is 2.89. The van der Waals surface area contributed by atoms with Crippen LogP contribution in [0, 0.1) is 0 Å². The second-order valence-electron chi connectivity index (χ2n) is 2.94. The van der Waals surface area contributed by atoms with Crippen LogP contribution in [0.15, 0.2) is 18.3 Å². The Kier molecular flexibility index (Phi) is 2.19. The Morgan fingerprint density at radius 3 is 3.00 bits per heavy atom. The molecule has 3 nitrogen and oxygen atoms in total. The molecule has 4 heteroatoms. The Balaban J connectivity index is 2.13. The summed E-state index contributed by atoms with van der Waals surface area (Å²) in [7, 11) is 0. The summed E-state index contributed by atoms with van der Waals surface area (Å²) in [5.74, 6) is -0.423. The van der Waals surface area contributed by atoms with E-state index in [1.807, 2.05) is 0 Å². The van der Waals surface area contributed by atoms with Gasteiger partial charge in [0.15, 0.2) is 5.69 Å². The molecular formula is C9H8ClNO2. The Bertz CT molecular complexity index is 336. The molecule has 0 spiro atoms. The first kappa shape index (κ1) is 8.51. The maximum Gasteiger partial charge on any atom is 0.358 e. The van der Waals surface area contributed by atoms with Gasteiger partial charge in [-0.3, -0.25) is 0 Å². The Labute approximate surface area is 80.7 Å². The Hall–Kier alpha value is -1.09. The van der Waals surface area contributed by atoms with Crippen molar-refractivity contribution in [2.75, 3.05) is 0 Å². The van der Waals surface area contributed by atoms with Gasteiger partial charge in [-0.05, 0) is 25.0 Å². The summed E-state index contributed by atoms with van der Waals surface area (Å²) < 4.78 is 5.04. The number of hydrogen-bond acceptors (Lipinski definition) is 3. The smallest absolute Gasteiger partial charge is 0.358 e. The van der Waals surface area contributed by atoms with Crippen LogP contribution < -0.4 is 0 Å². The van der Waals surface area contributed by atoms with Gasteiger partial charge >= 0.3 is 5.97 Å². The number of nitrogens with zero attached hydrogens (tertiary/aromatic N) is 1. The third-order valence-corrected chi connectivity index (χ3v) is 2.05. The van der Waals surface area contributed by atoms with Crippen molar-refractivity contribution < 1.29 is 9.53 Å². The third kappa shape index (κ3) is 1.98. The number of halogens is 1. The predicted molar refractivity (Wildman–Crippen MR) is 47.7 cm³/mol. The van der Waals surface area contributed by atoms with E-state index in [1.165, 1.54) is 6.20 Å². The molecule has 68 valence electrons. The highest BCUT2D eigenvalue weighted by molar-refractivity contribution is 6.33. The quantitative estimate of drug-likeness (QED) is 0.682. The lowest BCUT2D eigenvalue weighted by molar-refractivity contribution is 0.0465. The molecule has 1 aromatic rings. The van der Waals surface area contributed by atoms with E-state index in [4.69, 9.17) is 16.3 Å². The molecule has 0 unspecified atom stereocenters. The Morgan fingerprint density at radius 1 is 1.62 bits per heavy atom. The van der Waals surface area contributed by atoms with Gasteiger partial charge in [0.25, 0.3) is 0 Å². The van der Waals surface area contributed by atoms with Gasteiger partial charge < -0.3 is 4.74 Å². The zero-order valence-electron chi connectivity index (χ0n) is 6.87. The fraction of sp³-hybridized carbons (Fsp3) is 0.333. The van der Waals surface area contributed by atoms with E-state index in [0.717, 1.165) is 12.8 Å². The fourth-order valence-electron chi connectivity index (χ4n) is 0.929. The summed E-state index contributed by atoms with van der Waals surface area (Å²) in [6.45, 7) is 0. The monoisotopic (exact) mass is 197 g/mol. The van der Waals surface area contributed by atoms with E-state index in [0.29, 0.717) is 5.02 Å². The zero-order valence-corrected chi connectivity index (χ0v) is 7.62. The molecule has 0 aromatic carbocycles. The highest BCUT2D eigenvalue weighted by Gasteiger charge is 2.27. The molecule has 0 radical (unpaired) electrons. The van der Waals surface area contributed by atoms with Gasteiger partial charge in [-0.2, -0.15) is 0 Å². The van der Waals surface area contributed by atoms with Crippen LogP contribution in [0.25, 0.3) is 0 Å². The van der Waals surface area contributed by atoms with Gasteiger partial charge in [-0.25, -0.2) is 9.78 Å². The third-order valence-electron chi connectivity index (χ3n) is 1.75. The molecule has 0 saturated heterocycles. The largest absolute Gasteiger partial charge is 0.458 e. The molecule has 13 heavy (non-hydrogen) atoms. The first-order valence-electron chi connectivity index (χ1n) is 4.09. The second-order valence-corrected chi connectivity index (χ2v) is 3.35. The summed E-state index contributed by atoms with van der Waals surface area (Å²) in [5.41, 5.74) is 0.205. The number of carbonyl (C=O) groups is 1. The molecule has 1 aliphatic rings. The van der Waals surface area contributed by atoms with Crippen molar-refractivity contribution in [2.45, 2.75) is 18.9 Å². The minimum absolute atomic E-state index is 0.0885. The summed E-state index contributed by atoms with van der Waals surface area (Å²) in [4.78, 5) is 15.2. The fourth-order valence-corrected chi connectivity index (χ4v) is 1.13. The van der Waals surface area contributed by atoms with Gasteiger partial charge in [0.05, 0.1) is 5.02 Å².